The van der Waals surface area contributed by atoms with E-state index in [2.05, 4.69) is 62.0 Å². The number of carbonyl (C=O) groups excluding carboxylic acids is 1. The number of likely N-dealkylation sites (N-methyl/N-ethyl adjacent to an activating group) is 1. The van der Waals surface area contributed by atoms with Gasteiger partial charge >= 0.3 is 0 Å². The molecule has 0 aliphatic carbocycles. The van der Waals surface area contributed by atoms with E-state index in [0.717, 1.165) is 41.9 Å². The van der Waals surface area contributed by atoms with Gasteiger partial charge in [0.25, 0.3) is 5.91 Å². The minimum Gasteiger partial charge on any atom is -0.368 e. The van der Waals surface area contributed by atoms with Crippen LogP contribution < -0.4 is 15.5 Å². The third kappa shape index (κ3) is 5.06. The first-order chi connectivity index (χ1) is 15.8. The molecule has 3 aromatic rings. The molecule has 33 heavy (non-hydrogen) atoms. The number of anilines is 1. The van der Waals surface area contributed by atoms with E-state index in [4.69, 9.17) is 0 Å². The Labute approximate surface area is 195 Å². The van der Waals surface area contributed by atoms with Gasteiger partial charge in [0.1, 0.15) is 0 Å². The summed E-state index contributed by atoms with van der Waals surface area (Å²) in [6.07, 6.45) is 6.62. The molecule has 1 fully saturated rings. The molecule has 1 amide bonds. The lowest BCUT2D eigenvalue weighted by Crippen LogP contribution is -2.29. The molecule has 2 N–H and O–H groups in total. The Hall–Kier alpha value is -3.26. The van der Waals surface area contributed by atoms with Crippen molar-refractivity contribution in [2.45, 2.75) is 52.2 Å². The Kier molecular flexibility index (Phi) is 6.47. The Morgan fingerprint density at radius 1 is 1.24 bits per heavy atom. The number of benzene rings is 1. The van der Waals surface area contributed by atoms with E-state index >= 15 is 0 Å². The SMILES string of the molecule is CNC1CCN(c2cnccc2-c2ccc(CNC(=O)c3cn(C(C)(C)C)nn3)c(C)c2)C1. The lowest BCUT2D eigenvalue weighted by atomic mass is 9.99. The van der Waals surface area contributed by atoms with Gasteiger partial charge in [-0.05, 0) is 63.9 Å². The standard InChI is InChI=1S/C25H33N7O/c1-17-12-18(21-8-10-27-14-23(21)31-11-9-20(15-31)26-5)6-7-19(17)13-28-24(33)22-16-32(30-29-22)25(2,3)4/h6-8,10,12,14,16,20,26H,9,11,13,15H2,1-5H3,(H,28,33). The van der Waals surface area contributed by atoms with Gasteiger partial charge in [-0.3, -0.25) is 9.78 Å². The zero-order valence-corrected chi connectivity index (χ0v) is 20.1. The molecule has 2 aromatic heterocycles. The lowest BCUT2D eigenvalue weighted by molar-refractivity contribution is 0.0945. The topological polar surface area (TPSA) is 88.0 Å². The number of amides is 1. The van der Waals surface area contributed by atoms with Crippen LogP contribution in [-0.2, 0) is 12.1 Å². The molecular formula is C25H33N7O. The van der Waals surface area contributed by atoms with E-state index in [1.807, 2.05) is 40.2 Å². The van der Waals surface area contributed by atoms with Crippen molar-refractivity contribution in [3.8, 4) is 11.1 Å². The minimum atomic E-state index is -0.224. The van der Waals surface area contributed by atoms with Crippen LogP contribution in [0.4, 0.5) is 5.69 Å². The third-order valence-corrected chi connectivity index (χ3v) is 6.24. The van der Waals surface area contributed by atoms with Crippen LogP contribution in [0, 0.1) is 6.92 Å². The van der Waals surface area contributed by atoms with Crippen molar-refractivity contribution in [2.24, 2.45) is 0 Å². The molecule has 1 aromatic carbocycles. The summed E-state index contributed by atoms with van der Waals surface area (Å²) in [6, 6.07) is 8.98. The predicted molar refractivity (Wildman–Crippen MR) is 130 cm³/mol. The molecule has 174 valence electrons. The number of rotatable bonds is 6. The first-order valence-corrected chi connectivity index (χ1v) is 11.4. The van der Waals surface area contributed by atoms with E-state index in [9.17, 15) is 4.79 Å². The summed E-state index contributed by atoms with van der Waals surface area (Å²) in [5.74, 6) is -0.224. The smallest absolute Gasteiger partial charge is 0.273 e. The number of nitrogens with one attached hydrogen (secondary N) is 2. The molecule has 1 atom stereocenters. The molecule has 8 heteroatoms. The average Bonchev–Trinajstić information content (AvgIpc) is 3.48. The van der Waals surface area contributed by atoms with Crippen LogP contribution in [0.5, 0.6) is 0 Å². The number of hydrogen-bond donors (Lipinski definition) is 2. The van der Waals surface area contributed by atoms with Crippen LogP contribution in [0.25, 0.3) is 11.1 Å². The Morgan fingerprint density at radius 2 is 2.06 bits per heavy atom. The van der Waals surface area contributed by atoms with Gasteiger partial charge in [0.2, 0.25) is 0 Å². The molecule has 1 unspecified atom stereocenters. The molecule has 0 spiro atoms. The largest absolute Gasteiger partial charge is 0.368 e. The monoisotopic (exact) mass is 447 g/mol. The van der Waals surface area contributed by atoms with E-state index < -0.39 is 0 Å². The maximum Gasteiger partial charge on any atom is 0.273 e. The van der Waals surface area contributed by atoms with E-state index in [1.54, 1.807) is 10.9 Å². The van der Waals surface area contributed by atoms with Crippen LogP contribution in [0.1, 0.15) is 48.8 Å². The highest BCUT2D eigenvalue weighted by Gasteiger charge is 2.23. The predicted octanol–water partition coefficient (Wildman–Crippen LogP) is 3.13. The van der Waals surface area contributed by atoms with Gasteiger partial charge in [-0.1, -0.05) is 23.4 Å². The summed E-state index contributed by atoms with van der Waals surface area (Å²) in [5.41, 5.74) is 5.81. The summed E-state index contributed by atoms with van der Waals surface area (Å²) < 4.78 is 1.70. The number of hydrogen-bond acceptors (Lipinski definition) is 6. The molecule has 0 radical (unpaired) electrons. The van der Waals surface area contributed by atoms with E-state index in [-0.39, 0.29) is 11.4 Å². The molecule has 4 rings (SSSR count). The number of carbonyl (C=O) groups is 1. The van der Waals surface area contributed by atoms with Crippen molar-refractivity contribution >= 4 is 11.6 Å². The van der Waals surface area contributed by atoms with Crippen molar-refractivity contribution in [2.75, 3.05) is 25.0 Å². The van der Waals surface area contributed by atoms with Crippen molar-refractivity contribution < 1.29 is 4.79 Å². The van der Waals surface area contributed by atoms with Gasteiger partial charge in [0, 0.05) is 37.4 Å². The van der Waals surface area contributed by atoms with Crippen molar-refractivity contribution in [1.82, 2.24) is 30.6 Å². The van der Waals surface area contributed by atoms with Crippen molar-refractivity contribution in [3.63, 3.8) is 0 Å². The molecule has 0 saturated carbocycles. The van der Waals surface area contributed by atoms with Gasteiger partial charge < -0.3 is 15.5 Å². The fraction of sp³-hybridized carbons (Fsp3) is 0.440. The minimum absolute atomic E-state index is 0.215. The summed E-state index contributed by atoms with van der Waals surface area (Å²) in [7, 11) is 2.02. The fourth-order valence-corrected chi connectivity index (χ4v) is 4.12. The summed E-state index contributed by atoms with van der Waals surface area (Å²) in [4.78, 5) is 19.3. The maximum atomic E-state index is 12.6. The normalized spacial score (nSPS) is 16.3. The van der Waals surface area contributed by atoms with Crippen LogP contribution in [0.2, 0.25) is 0 Å². The fourth-order valence-electron chi connectivity index (χ4n) is 4.12. The van der Waals surface area contributed by atoms with Crippen LogP contribution >= 0.6 is 0 Å². The highest BCUT2D eigenvalue weighted by molar-refractivity contribution is 5.91. The molecule has 1 saturated heterocycles. The number of aryl methyl sites for hydroxylation is 1. The first kappa shape index (κ1) is 22.9. The van der Waals surface area contributed by atoms with Crippen LogP contribution in [0.15, 0.2) is 42.9 Å². The van der Waals surface area contributed by atoms with Crippen LogP contribution in [0.3, 0.4) is 0 Å². The lowest BCUT2D eigenvalue weighted by Gasteiger charge is -2.22. The van der Waals surface area contributed by atoms with Gasteiger partial charge in [-0.2, -0.15) is 0 Å². The average molecular weight is 448 g/mol. The molecule has 8 nitrogen and oxygen atoms in total. The van der Waals surface area contributed by atoms with Crippen molar-refractivity contribution in [1.29, 1.82) is 0 Å². The molecule has 1 aliphatic heterocycles. The van der Waals surface area contributed by atoms with Gasteiger partial charge in [-0.15, -0.1) is 5.10 Å². The van der Waals surface area contributed by atoms with E-state index in [1.165, 1.54) is 5.56 Å². The zero-order chi connectivity index (χ0) is 23.6. The second-order valence-corrected chi connectivity index (χ2v) is 9.66. The second kappa shape index (κ2) is 9.31. The zero-order valence-electron chi connectivity index (χ0n) is 20.1. The Bertz CT molecular complexity index is 1130. The molecule has 3 heterocycles. The maximum absolute atomic E-state index is 12.6. The van der Waals surface area contributed by atoms with Gasteiger partial charge in [0.15, 0.2) is 5.69 Å². The van der Waals surface area contributed by atoms with E-state index in [0.29, 0.717) is 18.3 Å². The number of aromatic nitrogens is 4. The highest BCUT2D eigenvalue weighted by Crippen LogP contribution is 2.33. The van der Waals surface area contributed by atoms with Crippen LogP contribution in [-0.4, -0.2) is 52.1 Å². The second-order valence-electron chi connectivity index (χ2n) is 9.66. The van der Waals surface area contributed by atoms with Gasteiger partial charge in [0.05, 0.1) is 23.6 Å². The summed E-state index contributed by atoms with van der Waals surface area (Å²) in [5, 5.41) is 14.4. The summed E-state index contributed by atoms with van der Waals surface area (Å²) >= 11 is 0. The Balaban J connectivity index is 1.47. The first-order valence-electron chi connectivity index (χ1n) is 11.4. The Morgan fingerprint density at radius 3 is 2.73 bits per heavy atom. The quantitative estimate of drug-likeness (QED) is 0.604. The number of pyridine rings is 1. The highest BCUT2D eigenvalue weighted by atomic mass is 16.2. The van der Waals surface area contributed by atoms with Crippen molar-refractivity contribution in [3.05, 3.63) is 59.7 Å². The molecule has 1 aliphatic rings. The molecular weight excluding hydrogens is 414 g/mol. The molecule has 0 bridgehead atoms. The number of nitrogens with zero attached hydrogens (tertiary/aromatic N) is 5. The third-order valence-electron chi connectivity index (χ3n) is 6.24. The van der Waals surface area contributed by atoms with Gasteiger partial charge in [-0.25, -0.2) is 4.68 Å². The summed E-state index contributed by atoms with van der Waals surface area (Å²) in [6.45, 7) is 10.6.